The van der Waals surface area contributed by atoms with Crippen LogP contribution in [0.15, 0.2) is 24.3 Å². The number of nitrogens with one attached hydrogen (secondary N) is 2. The van der Waals surface area contributed by atoms with Gasteiger partial charge in [0, 0.05) is 6.54 Å². The highest BCUT2D eigenvalue weighted by molar-refractivity contribution is 6.02. The van der Waals surface area contributed by atoms with Crippen LogP contribution < -0.4 is 10.6 Å². The number of rotatable bonds is 2. The molecule has 0 radical (unpaired) electrons. The molecule has 0 aliphatic carbocycles. The van der Waals surface area contributed by atoms with E-state index in [0.717, 1.165) is 6.07 Å². The fourth-order valence-electron chi connectivity index (χ4n) is 2.51. The van der Waals surface area contributed by atoms with E-state index in [9.17, 15) is 18.0 Å². The Bertz CT molecular complexity index is 775. The van der Waals surface area contributed by atoms with Crippen LogP contribution in [0.1, 0.15) is 35.3 Å². The highest BCUT2D eigenvalue weighted by atomic mass is 19.2. The maximum atomic E-state index is 14.1. The molecule has 0 saturated heterocycles. The number of anilines is 2. The van der Waals surface area contributed by atoms with Gasteiger partial charge in [-0.25, -0.2) is 13.2 Å². The Hall–Kier alpha value is -2.50. The minimum absolute atomic E-state index is 0.0179. The van der Waals surface area contributed by atoms with Gasteiger partial charge >= 0.3 is 0 Å². The monoisotopic (exact) mass is 336 g/mol. The summed E-state index contributed by atoms with van der Waals surface area (Å²) in [5.41, 5.74) is 0.760. The Kier molecular flexibility index (Phi) is 5.49. The first-order valence-electron chi connectivity index (χ1n) is 7.79. The second-order valence-corrected chi connectivity index (χ2v) is 5.20. The van der Waals surface area contributed by atoms with Gasteiger partial charge in [-0.15, -0.1) is 0 Å². The third kappa shape index (κ3) is 3.37. The van der Waals surface area contributed by atoms with Crippen LogP contribution in [0, 0.1) is 24.4 Å². The van der Waals surface area contributed by atoms with E-state index in [4.69, 9.17) is 0 Å². The number of halogens is 3. The van der Waals surface area contributed by atoms with Crippen molar-refractivity contribution in [2.45, 2.75) is 27.2 Å². The molecule has 1 aliphatic heterocycles. The van der Waals surface area contributed by atoms with E-state index in [2.05, 4.69) is 10.6 Å². The van der Waals surface area contributed by atoms with Gasteiger partial charge in [-0.05, 0) is 42.7 Å². The number of fused-ring (bicyclic) bond motifs is 1. The van der Waals surface area contributed by atoms with Crippen molar-refractivity contribution in [3.8, 4) is 0 Å². The lowest BCUT2D eigenvalue weighted by Gasteiger charge is -2.21. The smallest absolute Gasteiger partial charge is 0.253 e. The van der Waals surface area contributed by atoms with Gasteiger partial charge in [0.05, 0.1) is 16.9 Å². The normalized spacial score (nSPS) is 12.7. The Balaban J connectivity index is 0.00000100. The summed E-state index contributed by atoms with van der Waals surface area (Å²) in [6, 6.07) is 5.34. The van der Waals surface area contributed by atoms with Crippen molar-refractivity contribution < 1.29 is 18.0 Å². The number of amides is 1. The van der Waals surface area contributed by atoms with E-state index in [0.29, 0.717) is 24.1 Å². The maximum Gasteiger partial charge on any atom is 0.253 e. The third-order valence-corrected chi connectivity index (χ3v) is 3.59. The Labute approximate surface area is 138 Å². The number of benzene rings is 2. The van der Waals surface area contributed by atoms with Gasteiger partial charge in [-0.1, -0.05) is 19.9 Å². The molecule has 1 amide bonds. The van der Waals surface area contributed by atoms with Gasteiger partial charge in [-0.2, -0.15) is 0 Å². The van der Waals surface area contributed by atoms with Crippen molar-refractivity contribution in [2.75, 3.05) is 11.9 Å². The number of aryl methyl sites for hydroxylation is 1. The molecule has 2 aromatic carbocycles. The molecule has 0 fully saturated rings. The molecular weight excluding hydrogens is 317 g/mol. The molecule has 2 aromatic rings. The molecule has 128 valence electrons. The predicted octanol–water partition coefficient (Wildman–Crippen LogP) is 4.47. The van der Waals surface area contributed by atoms with Gasteiger partial charge in [0.25, 0.3) is 5.91 Å². The number of hydrogen-bond acceptors (Lipinski definition) is 2. The fourth-order valence-corrected chi connectivity index (χ4v) is 2.51. The van der Waals surface area contributed by atoms with Crippen molar-refractivity contribution in [3.05, 3.63) is 58.4 Å². The zero-order chi connectivity index (χ0) is 17.9. The highest BCUT2D eigenvalue weighted by Crippen LogP contribution is 2.32. The second-order valence-electron chi connectivity index (χ2n) is 5.20. The van der Waals surface area contributed by atoms with E-state index < -0.39 is 23.4 Å². The van der Waals surface area contributed by atoms with E-state index in [1.54, 1.807) is 13.0 Å². The minimum atomic E-state index is -1.20. The molecule has 6 heteroatoms. The van der Waals surface area contributed by atoms with Crippen molar-refractivity contribution in [1.82, 2.24) is 5.32 Å². The van der Waals surface area contributed by atoms with Crippen molar-refractivity contribution >= 4 is 17.3 Å². The predicted molar refractivity (Wildman–Crippen MR) is 88.2 cm³/mol. The molecule has 0 bridgehead atoms. The van der Waals surface area contributed by atoms with Gasteiger partial charge in [0.2, 0.25) is 0 Å². The largest absolute Gasteiger partial charge is 0.352 e. The molecule has 1 aliphatic rings. The topological polar surface area (TPSA) is 41.1 Å². The molecule has 0 spiro atoms. The molecule has 3 nitrogen and oxygen atoms in total. The van der Waals surface area contributed by atoms with Gasteiger partial charge in [-0.3, -0.25) is 4.79 Å². The molecule has 0 unspecified atom stereocenters. The number of carbonyl (C=O) groups excluding carboxylic acids is 1. The van der Waals surface area contributed by atoms with Crippen molar-refractivity contribution in [1.29, 1.82) is 0 Å². The summed E-state index contributed by atoms with van der Waals surface area (Å²) in [7, 11) is 0. The molecule has 2 N–H and O–H groups in total. The molecule has 24 heavy (non-hydrogen) atoms. The van der Waals surface area contributed by atoms with Crippen LogP contribution in [-0.2, 0) is 6.42 Å². The summed E-state index contributed by atoms with van der Waals surface area (Å²) >= 11 is 0. The highest BCUT2D eigenvalue weighted by Gasteiger charge is 2.26. The van der Waals surface area contributed by atoms with Crippen LogP contribution in [0.5, 0.6) is 0 Å². The first-order valence-corrected chi connectivity index (χ1v) is 7.79. The summed E-state index contributed by atoms with van der Waals surface area (Å²) in [5, 5.41) is 5.09. The lowest BCUT2D eigenvalue weighted by Crippen LogP contribution is -2.33. The summed E-state index contributed by atoms with van der Waals surface area (Å²) < 4.78 is 41.8. The molecule has 0 atom stereocenters. The molecular formula is C18H19F3N2O. The van der Waals surface area contributed by atoms with Crippen LogP contribution >= 0.6 is 0 Å². The van der Waals surface area contributed by atoms with Crippen LogP contribution in [0.2, 0.25) is 0 Å². The number of hydrogen-bond donors (Lipinski definition) is 2. The summed E-state index contributed by atoms with van der Waals surface area (Å²) in [5.74, 6) is -3.37. The quantitative estimate of drug-likeness (QED) is 0.850. The van der Waals surface area contributed by atoms with Crippen molar-refractivity contribution in [3.63, 3.8) is 0 Å². The van der Waals surface area contributed by atoms with Gasteiger partial charge in [0.1, 0.15) is 5.82 Å². The number of carbonyl (C=O) groups is 1. The Morgan fingerprint density at radius 3 is 2.46 bits per heavy atom. The first-order chi connectivity index (χ1) is 11.5. The molecule has 0 saturated carbocycles. The Morgan fingerprint density at radius 1 is 1.08 bits per heavy atom. The zero-order valence-corrected chi connectivity index (χ0v) is 13.8. The van der Waals surface area contributed by atoms with E-state index in [-0.39, 0.29) is 16.9 Å². The van der Waals surface area contributed by atoms with Gasteiger partial charge < -0.3 is 10.6 Å². The standard InChI is InChI=1S/C16H13F3N2O.C2H6/c1-8-2-3-12(10(17)6-8)21-15-13-9(4-5-20-16(13)22)7-11(18)14(15)19;1-2/h2-3,6-7,21H,4-5H2,1H3,(H,20,22);1-2H3. The van der Waals surface area contributed by atoms with E-state index in [1.807, 2.05) is 13.8 Å². The Morgan fingerprint density at radius 2 is 1.79 bits per heavy atom. The molecule has 0 aromatic heterocycles. The van der Waals surface area contributed by atoms with Crippen LogP contribution in [0.25, 0.3) is 0 Å². The lowest BCUT2D eigenvalue weighted by molar-refractivity contribution is 0.0946. The second kappa shape index (κ2) is 7.38. The first kappa shape index (κ1) is 17.8. The molecule has 1 heterocycles. The third-order valence-electron chi connectivity index (χ3n) is 3.59. The SMILES string of the molecule is CC.Cc1ccc(Nc2c(F)c(F)cc3c2C(=O)NCC3)c(F)c1. The summed E-state index contributed by atoms with van der Waals surface area (Å²) in [6.07, 6.45) is 0.392. The van der Waals surface area contributed by atoms with Crippen LogP contribution in [0.4, 0.5) is 24.5 Å². The van der Waals surface area contributed by atoms with E-state index in [1.165, 1.54) is 12.1 Å². The fraction of sp³-hybridized carbons (Fsp3) is 0.278. The van der Waals surface area contributed by atoms with Crippen LogP contribution in [-0.4, -0.2) is 12.5 Å². The average Bonchev–Trinajstić information content (AvgIpc) is 2.56. The van der Waals surface area contributed by atoms with Crippen LogP contribution in [0.3, 0.4) is 0 Å². The average molecular weight is 336 g/mol. The van der Waals surface area contributed by atoms with Crippen molar-refractivity contribution in [2.24, 2.45) is 0 Å². The summed E-state index contributed by atoms with van der Waals surface area (Å²) in [4.78, 5) is 12.0. The van der Waals surface area contributed by atoms with E-state index >= 15 is 0 Å². The maximum absolute atomic E-state index is 14.1. The minimum Gasteiger partial charge on any atom is -0.352 e. The molecule has 3 rings (SSSR count). The summed E-state index contributed by atoms with van der Waals surface area (Å²) in [6.45, 7) is 6.07. The lowest BCUT2D eigenvalue weighted by atomic mass is 9.97. The zero-order valence-electron chi connectivity index (χ0n) is 13.8. The van der Waals surface area contributed by atoms with Gasteiger partial charge in [0.15, 0.2) is 11.6 Å².